The van der Waals surface area contributed by atoms with E-state index in [4.69, 9.17) is 4.74 Å². The number of carbonyl (C=O) groups is 1. The highest BCUT2D eigenvalue weighted by atomic mass is 19.4. The van der Waals surface area contributed by atoms with Gasteiger partial charge in [-0.15, -0.1) is 5.10 Å². The molecule has 3 heterocycles. The summed E-state index contributed by atoms with van der Waals surface area (Å²) < 4.78 is 123. The zero-order valence-corrected chi connectivity index (χ0v) is 20.5. The number of hydrogen-bond acceptors (Lipinski definition) is 8. The first-order chi connectivity index (χ1) is 18.3. The van der Waals surface area contributed by atoms with Crippen molar-refractivity contribution >= 4 is 23.7 Å². The number of pyridine rings is 1. The molecular weight excluding hydrogens is 565 g/mol. The predicted molar refractivity (Wildman–Crippen MR) is 120 cm³/mol. The smallest absolute Gasteiger partial charge is 0.433 e. The lowest BCUT2D eigenvalue weighted by atomic mass is 10.1. The summed E-state index contributed by atoms with van der Waals surface area (Å²) in [5.74, 6) is -1.95. The van der Waals surface area contributed by atoms with Crippen molar-refractivity contribution in [3.8, 4) is 11.4 Å². The van der Waals surface area contributed by atoms with Gasteiger partial charge in [-0.25, -0.2) is 29.4 Å². The van der Waals surface area contributed by atoms with Gasteiger partial charge in [-0.2, -0.15) is 39.5 Å². The maximum absolute atomic E-state index is 13.2. The van der Waals surface area contributed by atoms with Crippen LogP contribution in [0.2, 0.25) is 0 Å². The van der Waals surface area contributed by atoms with E-state index in [2.05, 4.69) is 25.0 Å². The molecule has 0 spiro atoms. The van der Waals surface area contributed by atoms with E-state index in [1.54, 1.807) is 0 Å². The SMILES string of the molecule is CC(C)OC(=O)/C(=C/n1cnc(-c2cc(C(F)(F)F)nc(C(F)(F)F)c2)n1)c1cnc(N[C@H](C)C(F)(F)F)nc1. The molecule has 0 aromatic carbocycles. The molecule has 18 heteroatoms. The molecule has 0 unspecified atom stereocenters. The van der Waals surface area contributed by atoms with Crippen molar-refractivity contribution in [2.24, 2.45) is 0 Å². The minimum atomic E-state index is -5.20. The fourth-order valence-electron chi connectivity index (χ4n) is 2.89. The Balaban J connectivity index is 2.01. The van der Waals surface area contributed by atoms with Crippen molar-refractivity contribution in [1.29, 1.82) is 0 Å². The van der Waals surface area contributed by atoms with Crippen LogP contribution in [0.15, 0.2) is 30.9 Å². The Bertz CT molecular complexity index is 1350. The molecule has 0 fully saturated rings. The van der Waals surface area contributed by atoms with Gasteiger partial charge in [0.05, 0.1) is 11.7 Å². The van der Waals surface area contributed by atoms with Gasteiger partial charge in [0.2, 0.25) is 5.95 Å². The molecule has 3 aromatic heterocycles. The molecule has 0 radical (unpaired) electrons. The molecule has 1 atom stereocenters. The molecule has 3 rings (SSSR count). The molecule has 216 valence electrons. The van der Waals surface area contributed by atoms with E-state index >= 15 is 0 Å². The molecule has 0 bridgehead atoms. The van der Waals surface area contributed by atoms with Gasteiger partial charge in [-0.3, -0.25) is 0 Å². The summed E-state index contributed by atoms with van der Waals surface area (Å²) in [5, 5.41) is 5.85. The van der Waals surface area contributed by atoms with E-state index in [9.17, 15) is 44.3 Å². The Morgan fingerprint density at radius 3 is 1.95 bits per heavy atom. The van der Waals surface area contributed by atoms with Crippen molar-refractivity contribution in [2.75, 3.05) is 5.32 Å². The van der Waals surface area contributed by atoms with E-state index in [1.807, 2.05) is 5.32 Å². The Labute approximate surface area is 219 Å². The number of aromatic nitrogens is 6. The number of nitrogens with zero attached hydrogens (tertiary/aromatic N) is 6. The van der Waals surface area contributed by atoms with E-state index in [1.165, 1.54) is 13.8 Å². The molecule has 0 saturated carbocycles. The van der Waals surface area contributed by atoms with Crippen LogP contribution in [0.5, 0.6) is 0 Å². The summed E-state index contributed by atoms with van der Waals surface area (Å²) >= 11 is 0. The minimum Gasteiger partial charge on any atom is -0.459 e. The summed E-state index contributed by atoms with van der Waals surface area (Å²) in [7, 11) is 0. The van der Waals surface area contributed by atoms with E-state index < -0.39 is 65.4 Å². The average Bonchev–Trinajstić information content (AvgIpc) is 3.29. The van der Waals surface area contributed by atoms with Crippen LogP contribution in [0.3, 0.4) is 0 Å². The average molecular weight is 583 g/mol. The van der Waals surface area contributed by atoms with Crippen LogP contribution in [-0.4, -0.2) is 54.0 Å². The zero-order chi connectivity index (χ0) is 30.0. The number of rotatable bonds is 7. The van der Waals surface area contributed by atoms with Crippen molar-refractivity contribution in [3.05, 3.63) is 47.8 Å². The first kappa shape index (κ1) is 30.3. The van der Waals surface area contributed by atoms with Crippen LogP contribution in [-0.2, 0) is 21.9 Å². The molecular formula is C22H18F9N7O2. The van der Waals surface area contributed by atoms with E-state index in [0.29, 0.717) is 12.1 Å². The highest BCUT2D eigenvalue weighted by molar-refractivity contribution is 6.20. The van der Waals surface area contributed by atoms with E-state index in [0.717, 1.165) is 36.5 Å². The van der Waals surface area contributed by atoms with E-state index in [-0.39, 0.29) is 11.1 Å². The number of carbonyl (C=O) groups excluding carboxylic acids is 1. The number of nitrogens with one attached hydrogen (secondary N) is 1. The van der Waals surface area contributed by atoms with Crippen LogP contribution in [0, 0.1) is 0 Å². The number of halogens is 9. The van der Waals surface area contributed by atoms with Gasteiger partial charge < -0.3 is 10.1 Å². The largest absolute Gasteiger partial charge is 0.459 e. The molecule has 1 N–H and O–H groups in total. The van der Waals surface area contributed by atoms with Crippen LogP contribution < -0.4 is 5.32 Å². The molecule has 0 saturated heterocycles. The Hall–Kier alpha value is -4.25. The second kappa shape index (κ2) is 11.1. The molecule has 0 amide bonds. The van der Waals surface area contributed by atoms with Gasteiger partial charge >= 0.3 is 24.5 Å². The lowest BCUT2D eigenvalue weighted by Gasteiger charge is -2.17. The lowest BCUT2D eigenvalue weighted by molar-refractivity contribution is -0.150. The third-order valence-corrected chi connectivity index (χ3v) is 4.80. The van der Waals surface area contributed by atoms with Gasteiger partial charge in [0.25, 0.3) is 0 Å². The zero-order valence-electron chi connectivity index (χ0n) is 20.5. The standard InChI is InChI=1S/C22H18F9N7O2/c1-10(2)40-18(39)14(13-6-32-19(33-7-13)35-11(3)20(23,24)25)8-38-9-34-17(37-38)12-4-15(21(26,27)28)36-16(5-12)22(29,30)31/h4-11H,1-3H3,(H,32,33,35)/b14-8+/t11-/m1/s1. The first-order valence-corrected chi connectivity index (χ1v) is 11.0. The third-order valence-electron chi connectivity index (χ3n) is 4.80. The van der Waals surface area contributed by atoms with Gasteiger partial charge in [0.1, 0.15) is 23.8 Å². The topological polar surface area (TPSA) is 108 Å². The molecule has 3 aromatic rings. The van der Waals surface area contributed by atoms with Crippen molar-refractivity contribution < 1.29 is 49.0 Å². The van der Waals surface area contributed by atoms with Crippen molar-refractivity contribution in [2.45, 2.75) is 51.4 Å². The first-order valence-electron chi connectivity index (χ1n) is 11.0. The van der Waals surface area contributed by atoms with Crippen molar-refractivity contribution in [3.63, 3.8) is 0 Å². The molecule has 9 nitrogen and oxygen atoms in total. The fraction of sp³-hybridized carbons (Fsp3) is 0.364. The monoisotopic (exact) mass is 583 g/mol. The maximum Gasteiger partial charge on any atom is 0.433 e. The highest BCUT2D eigenvalue weighted by Gasteiger charge is 2.39. The number of ether oxygens (including phenoxy) is 1. The minimum absolute atomic E-state index is 0.0597. The van der Waals surface area contributed by atoms with Gasteiger partial charge in [0.15, 0.2) is 5.82 Å². The van der Waals surface area contributed by atoms with Gasteiger partial charge in [-0.1, -0.05) is 0 Å². The highest BCUT2D eigenvalue weighted by Crippen LogP contribution is 2.35. The summed E-state index contributed by atoms with van der Waals surface area (Å²) in [6, 6.07) is -1.33. The summed E-state index contributed by atoms with van der Waals surface area (Å²) in [6.45, 7) is 3.87. The number of esters is 1. The number of hydrogen-bond donors (Lipinski definition) is 1. The Morgan fingerprint density at radius 2 is 1.48 bits per heavy atom. The summed E-state index contributed by atoms with van der Waals surface area (Å²) in [6.07, 6.45) is -11.8. The molecule has 40 heavy (non-hydrogen) atoms. The Kier molecular flexibility index (Phi) is 8.40. The molecule has 0 aliphatic carbocycles. The Morgan fingerprint density at radius 1 is 0.925 bits per heavy atom. The summed E-state index contributed by atoms with van der Waals surface area (Å²) in [4.78, 5) is 26.5. The van der Waals surface area contributed by atoms with Crippen LogP contribution in [0.25, 0.3) is 23.2 Å². The summed E-state index contributed by atoms with van der Waals surface area (Å²) in [5.41, 5.74) is -4.67. The molecule has 0 aliphatic heterocycles. The molecule has 0 aliphatic rings. The lowest BCUT2D eigenvalue weighted by Crippen LogP contribution is -2.33. The second-order valence-corrected chi connectivity index (χ2v) is 8.37. The van der Waals surface area contributed by atoms with Crippen molar-refractivity contribution in [1.82, 2.24) is 29.7 Å². The second-order valence-electron chi connectivity index (χ2n) is 8.37. The number of anilines is 1. The number of alkyl halides is 9. The quantitative estimate of drug-likeness (QED) is 0.222. The predicted octanol–water partition coefficient (Wildman–Crippen LogP) is 5.48. The fourth-order valence-corrected chi connectivity index (χ4v) is 2.89. The van der Waals surface area contributed by atoms with Crippen LogP contribution in [0.1, 0.15) is 37.7 Å². The maximum atomic E-state index is 13.2. The van der Waals surface area contributed by atoms with Crippen LogP contribution in [0.4, 0.5) is 45.5 Å². The third kappa shape index (κ3) is 7.66. The van der Waals surface area contributed by atoms with Gasteiger partial charge in [-0.05, 0) is 32.9 Å². The normalized spacial score (nSPS) is 13.9. The van der Waals surface area contributed by atoms with Crippen LogP contribution >= 0.6 is 0 Å². The van der Waals surface area contributed by atoms with Gasteiger partial charge in [0, 0.05) is 29.7 Å².